The monoisotopic (exact) mass is 875 g/mol. The number of amides is 4. The number of nitriles is 1. The second kappa shape index (κ2) is 16.3. The summed E-state index contributed by atoms with van der Waals surface area (Å²) in [5, 5.41) is 28.1. The molecule has 0 spiro atoms. The molecule has 2 aliphatic rings. The Bertz CT molecular complexity index is 2810. The number of carbonyl (C=O) groups is 3. The normalized spacial score (nSPS) is 15.5. The van der Waals surface area contributed by atoms with Crippen LogP contribution in [-0.4, -0.2) is 102 Å². The van der Waals surface area contributed by atoms with Crippen molar-refractivity contribution >= 4 is 34.8 Å². The van der Waals surface area contributed by atoms with E-state index in [1.807, 2.05) is 6.07 Å². The largest absolute Gasteiger partial charge is 0.419 e. The van der Waals surface area contributed by atoms with Crippen LogP contribution in [0.15, 0.2) is 67.0 Å². The molecule has 21 heteroatoms. The van der Waals surface area contributed by atoms with Gasteiger partial charge in [0.15, 0.2) is 11.3 Å². The topological polar surface area (TPSA) is 157 Å². The Morgan fingerprint density at radius 3 is 1.87 bits per heavy atom. The first-order valence-electron chi connectivity index (χ1n) is 19.7. The van der Waals surface area contributed by atoms with E-state index in [-0.39, 0.29) is 103 Å². The Morgan fingerprint density at radius 1 is 0.730 bits per heavy atom. The fourth-order valence-corrected chi connectivity index (χ4v) is 8.33. The predicted octanol–water partition coefficient (Wildman–Crippen LogP) is 7.62. The fraction of sp³-hybridized carbons (Fsp3) is 0.333. The minimum Gasteiger partial charge on any atom is -0.336 e. The third-order valence-corrected chi connectivity index (χ3v) is 11.5. The molecule has 0 saturated carbocycles. The second-order valence-corrected chi connectivity index (χ2v) is 15.6. The van der Waals surface area contributed by atoms with Crippen LogP contribution in [0.5, 0.6) is 0 Å². The van der Waals surface area contributed by atoms with Gasteiger partial charge in [0.2, 0.25) is 11.6 Å². The molecule has 4 aromatic heterocycles. The fourth-order valence-electron chi connectivity index (χ4n) is 8.33. The number of hydrogen-bond acceptors (Lipinski definition) is 8. The zero-order valence-corrected chi connectivity index (χ0v) is 33.5. The number of alkyl halides is 6. The summed E-state index contributed by atoms with van der Waals surface area (Å²) in [5.74, 6) is -4.32. The predicted molar refractivity (Wildman–Crippen MR) is 211 cm³/mol. The van der Waals surface area contributed by atoms with Crippen LogP contribution in [0.3, 0.4) is 0 Å². The molecule has 0 bridgehead atoms. The summed E-state index contributed by atoms with van der Waals surface area (Å²) < 4.78 is 104. The summed E-state index contributed by atoms with van der Waals surface area (Å²) in [5.41, 5.74) is -1.82. The van der Waals surface area contributed by atoms with E-state index in [1.165, 1.54) is 92.5 Å². The first kappa shape index (κ1) is 42.6. The molecule has 14 nitrogen and oxygen atoms in total. The molecule has 326 valence electrons. The van der Waals surface area contributed by atoms with Crippen molar-refractivity contribution in [1.29, 1.82) is 5.26 Å². The molecule has 6 heterocycles. The van der Waals surface area contributed by atoms with Crippen LogP contribution in [-0.2, 0) is 12.4 Å². The van der Waals surface area contributed by atoms with Crippen molar-refractivity contribution in [2.24, 2.45) is 0 Å². The molecule has 1 N–H and O–H groups in total. The quantitative estimate of drug-likeness (QED) is 0.168. The van der Waals surface area contributed by atoms with Gasteiger partial charge in [-0.1, -0.05) is 18.2 Å². The van der Waals surface area contributed by atoms with Crippen LogP contribution in [0.1, 0.15) is 86.6 Å². The molecule has 0 aliphatic carbocycles. The molecule has 2 saturated heterocycles. The summed E-state index contributed by atoms with van der Waals surface area (Å²) in [6, 6.07) is 12.9. The molecule has 8 rings (SSSR count). The van der Waals surface area contributed by atoms with E-state index >= 15 is 4.39 Å². The van der Waals surface area contributed by atoms with Crippen LogP contribution >= 0.6 is 0 Å². The van der Waals surface area contributed by atoms with Crippen LogP contribution in [0.4, 0.5) is 41.2 Å². The third kappa shape index (κ3) is 8.19. The maximum absolute atomic E-state index is 16.0. The standard InChI is InChI=1S/C42H36F7N11O3/c1-56(2)40(63)51-32-22-60-34(53-55-37(60)39(62)57-13-9-24(10-14-57)27-5-3-4-6-30(27)41(44,45)46)19-28(32)26-17-29(35(31(43)18-26)42(47,48)49)25-11-15-58(16-12-25)38(61)36-54-52-33-8-7-23(20-50)21-59(33)36/h3-8,17-19,21-22,24-25H,9-16H2,1-2H3,(H,51,63). The van der Waals surface area contributed by atoms with E-state index < -0.39 is 59.0 Å². The van der Waals surface area contributed by atoms with E-state index in [0.717, 1.165) is 6.07 Å². The smallest absolute Gasteiger partial charge is 0.336 e. The van der Waals surface area contributed by atoms with Crippen LogP contribution in [0, 0.1) is 17.1 Å². The highest BCUT2D eigenvalue weighted by Crippen LogP contribution is 2.44. The second-order valence-electron chi connectivity index (χ2n) is 15.6. The van der Waals surface area contributed by atoms with E-state index in [4.69, 9.17) is 0 Å². The van der Waals surface area contributed by atoms with E-state index in [1.54, 1.807) is 0 Å². The lowest BCUT2D eigenvalue weighted by molar-refractivity contribution is -0.141. The lowest BCUT2D eigenvalue weighted by Gasteiger charge is -2.33. The van der Waals surface area contributed by atoms with Crippen molar-refractivity contribution in [1.82, 2.24) is 43.9 Å². The number of halogens is 7. The van der Waals surface area contributed by atoms with Gasteiger partial charge in [0.1, 0.15) is 11.9 Å². The highest BCUT2D eigenvalue weighted by Gasteiger charge is 2.41. The summed E-state index contributed by atoms with van der Waals surface area (Å²) in [6.07, 6.45) is -6.43. The Kier molecular flexibility index (Phi) is 11.0. The number of nitrogens with one attached hydrogen (secondary N) is 1. The zero-order valence-electron chi connectivity index (χ0n) is 33.5. The van der Waals surface area contributed by atoms with Gasteiger partial charge in [-0.25, -0.2) is 9.18 Å². The summed E-state index contributed by atoms with van der Waals surface area (Å²) in [4.78, 5) is 44.5. The van der Waals surface area contributed by atoms with Crippen molar-refractivity contribution in [3.63, 3.8) is 0 Å². The lowest BCUT2D eigenvalue weighted by atomic mass is 9.84. The number of fused-ring (bicyclic) bond motifs is 2. The van der Waals surface area contributed by atoms with E-state index in [2.05, 4.69) is 25.7 Å². The number of aromatic nitrogens is 6. The van der Waals surface area contributed by atoms with E-state index in [9.17, 15) is 46.0 Å². The molecule has 4 amide bonds. The maximum Gasteiger partial charge on any atom is 0.419 e. The molecule has 2 aromatic carbocycles. The number of benzene rings is 2. The molecule has 2 aliphatic heterocycles. The number of urea groups is 1. The van der Waals surface area contributed by atoms with Crippen molar-refractivity contribution in [2.75, 3.05) is 45.6 Å². The van der Waals surface area contributed by atoms with Gasteiger partial charge in [-0.15, -0.1) is 20.4 Å². The molecule has 2 fully saturated rings. The molecule has 6 aromatic rings. The molecule has 63 heavy (non-hydrogen) atoms. The van der Waals surface area contributed by atoms with Gasteiger partial charge in [0, 0.05) is 58.2 Å². The first-order chi connectivity index (χ1) is 29.9. The maximum atomic E-state index is 16.0. The van der Waals surface area contributed by atoms with Crippen molar-refractivity contribution < 1.29 is 45.1 Å². The molecule has 0 atom stereocenters. The van der Waals surface area contributed by atoms with Crippen LogP contribution in [0.2, 0.25) is 0 Å². The summed E-state index contributed by atoms with van der Waals surface area (Å²) in [6.45, 7) is 0.192. The first-order valence-corrected chi connectivity index (χ1v) is 19.7. The molecule has 0 radical (unpaired) electrons. The Labute approximate surface area is 353 Å². The van der Waals surface area contributed by atoms with Gasteiger partial charge in [0.25, 0.3) is 11.8 Å². The molecular formula is C42H36F7N11O3. The van der Waals surface area contributed by atoms with Crippen LogP contribution in [0.25, 0.3) is 22.4 Å². The van der Waals surface area contributed by atoms with Gasteiger partial charge in [-0.05, 0) is 90.6 Å². The number of rotatable bonds is 6. The Hall–Kier alpha value is -7.11. The Morgan fingerprint density at radius 2 is 1.30 bits per heavy atom. The Balaban J connectivity index is 1.09. The minimum absolute atomic E-state index is 0.00925. The van der Waals surface area contributed by atoms with Crippen LogP contribution < -0.4 is 5.32 Å². The number of anilines is 1. The molecular weight excluding hydrogens is 840 g/mol. The zero-order chi connectivity index (χ0) is 45.0. The SMILES string of the molecule is CN(C)C(=O)Nc1cn2c(C(=O)N3CCC(c4ccccc4C(F)(F)F)CC3)nnc2cc1-c1cc(F)c(C(F)(F)F)c(C2CCN(C(=O)c3nnc4ccc(C#N)cn34)CC2)c1. The average molecular weight is 876 g/mol. The van der Waals surface area contributed by atoms with Gasteiger partial charge < -0.3 is 20.0 Å². The lowest BCUT2D eigenvalue weighted by Crippen LogP contribution is -2.39. The summed E-state index contributed by atoms with van der Waals surface area (Å²) in [7, 11) is 2.89. The number of likely N-dealkylation sites (tertiary alicyclic amines) is 2. The third-order valence-electron chi connectivity index (χ3n) is 11.5. The number of carbonyl (C=O) groups excluding carboxylic acids is 3. The number of nitrogens with zero attached hydrogens (tertiary/aromatic N) is 10. The highest BCUT2D eigenvalue weighted by atomic mass is 19.4. The van der Waals surface area contributed by atoms with Crippen molar-refractivity contribution in [2.45, 2.75) is 49.9 Å². The number of hydrogen-bond donors (Lipinski definition) is 1. The van der Waals surface area contributed by atoms with Crippen molar-refractivity contribution in [3.05, 3.63) is 112 Å². The van der Waals surface area contributed by atoms with Crippen molar-refractivity contribution in [3.8, 4) is 17.2 Å². The average Bonchev–Trinajstić information content (AvgIpc) is 3.88. The van der Waals surface area contributed by atoms with E-state index in [0.29, 0.717) is 11.7 Å². The molecule has 0 unspecified atom stereocenters. The van der Waals surface area contributed by atoms with Gasteiger partial charge >= 0.3 is 18.4 Å². The summed E-state index contributed by atoms with van der Waals surface area (Å²) >= 11 is 0. The number of pyridine rings is 2. The highest BCUT2D eigenvalue weighted by molar-refractivity contribution is 5.96. The minimum atomic E-state index is -5.10. The van der Waals surface area contributed by atoms with Gasteiger partial charge in [0.05, 0.1) is 22.4 Å². The number of piperidine rings is 2. The van der Waals surface area contributed by atoms with Gasteiger partial charge in [-0.2, -0.15) is 31.6 Å². The van der Waals surface area contributed by atoms with Gasteiger partial charge in [-0.3, -0.25) is 18.4 Å².